The van der Waals surface area contributed by atoms with E-state index >= 15 is 0 Å². The number of hydrogen-bond donors (Lipinski definition) is 2. The minimum absolute atomic E-state index is 0.00340. The predicted octanol–water partition coefficient (Wildman–Crippen LogP) is 2.57. The Morgan fingerprint density at radius 1 is 1.19 bits per heavy atom. The lowest BCUT2D eigenvalue weighted by atomic mass is 10.1. The lowest BCUT2D eigenvalue weighted by Crippen LogP contribution is -2.46. The van der Waals surface area contributed by atoms with E-state index in [0.717, 1.165) is 5.69 Å². The minimum Gasteiger partial charge on any atom is -0.450 e. The molecule has 2 amide bonds. The summed E-state index contributed by atoms with van der Waals surface area (Å²) in [6.45, 7) is 3.28. The number of rotatable bonds is 5. The van der Waals surface area contributed by atoms with Crippen molar-refractivity contribution in [3.05, 3.63) is 48.3 Å². The molecule has 1 saturated heterocycles. The van der Waals surface area contributed by atoms with Crippen LogP contribution in [0.15, 0.2) is 42.6 Å². The van der Waals surface area contributed by atoms with Gasteiger partial charge in [-0.3, -0.25) is 4.79 Å². The average Bonchev–Trinajstić information content (AvgIpc) is 2.70. The summed E-state index contributed by atoms with van der Waals surface area (Å²) < 4.78 is 5.00. The highest BCUT2D eigenvalue weighted by Crippen LogP contribution is 2.14. The van der Waals surface area contributed by atoms with Crippen molar-refractivity contribution < 1.29 is 14.3 Å². The number of nitrogens with one attached hydrogen (secondary N) is 2. The van der Waals surface area contributed by atoms with E-state index in [-0.39, 0.29) is 18.0 Å². The monoisotopic (exact) mass is 369 g/mol. The normalized spacial score (nSPS) is 14.5. The maximum atomic E-state index is 12.5. The number of nitrogens with zero attached hydrogens (tertiary/aromatic N) is 3. The summed E-state index contributed by atoms with van der Waals surface area (Å²) in [5.74, 6) is 0.120. The van der Waals surface area contributed by atoms with E-state index in [4.69, 9.17) is 4.74 Å². The second kappa shape index (κ2) is 8.98. The topological polar surface area (TPSA) is 96.5 Å². The smallest absolute Gasteiger partial charge is 0.409 e. The molecule has 0 spiro atoms. The van der Waals surface area contributed by atoms with Crippen molar-refractivity contribution in [3.63, 3.8) is 0 Å². The Morgan fingerprint density at radius 3 is 2.63 bits per heavy atom. The first-order chi connectivity index (χ1) is 13.2. The van der Waals surface area contributed by atoms with Crippen molar-refractivity contribution in [1.82, 2.24) is 20.2 Å². The SMILES string of the molecule is CCOC(=O)N1CCC(NC(=O)c2ccnc(Nc3ccccc3)n2)CC1. The third-order valence-electron chi connectivity index (χ3n) is 4.27. The van der Waals surface area contributed by atoms with Crippen molar-refractivity contribution in [3.8, 4) is 0 Å². The molecule has 2 N–H and O–H groups in total. The fourth-order valence-electron chi connectivity index (χ4n) is 2.88. The number of aromatic nitrogens is 2. The second-order valence-electron chi connectivity index (χ2n) is 6.19. The molecule has 142 valence electrons. The molecule has 1 fully saturated rings. The van der Waals surface area contributed by atoms with E-state index in [0.29, 0.717) is 44.2 Å². The van der Waals surface area contributed by atoms with Gasteiger partial charge in [-0.05, 0) is 38.0 Å². The van der Waals surface area contributed by atoms with Gasteiger partial charge in [0.05, 0.1) is 6.61 Å². The molecular formula is C19H23N5O3. The Bertz CT molecular complexity index is 776. The molecule has 8 nitrogen and oxygen atoms in total. The van der Waals surface area contributed by atoms with Crippen LogP contribution in [-0.2, 0) is 4.74 Å². The summed E-state index contributed by atoms with van der Waals surface area (Å²) in [4.78, 5) is 34.3. The van der Waals surface area contributed by atoms with Gasteiger partial charge in [0.2, 0.25) is 5.95 Å². The molecular weight excluding hydrogens is 346 g/mol. The molecule has 0 saturated carbocycles. The first-order valence-corrected chi connectivity index (χ1v) is 9.03. The molecule has 1 aromatic carbocycles. The average molecular weight is 369 g/mol. The van der Waals surface area contributed by atoms with E-state index in [1.165, 1.54) is 0 Å². The molecule has 1 aromatic heterocycles. The lowest BCUT2D eigenvalue weighted by Gasteiger charge is -2.31. The Kier molecular flexibility index (Phi) is 6.19. The molecule has 8 heteroatoms. The Balaban J connectivity index is 1.54. The third kappa shape index (κ3) is 5.16. The molecule has 2 heterocycles. The number of para-hydroxylation sites is 1. The number of likely N-dealkylation sites (tertiary alicyclic amines) is 1. The number of piperidine rings is 1. The molecule has 3 rings (SSSR count). The van der Waals surface area contributed by atoms with Crippen LogP contribution in [0.5, 0.6) is 0 Å². The van der Waals surface area contributed by atoms with E-state index in [2.05, 4.69) is 20.6 Å². The van der Waals surface area contributed by atoms with Crippen molar-refractivity contribution in [1.29, 1.82) is 0 Å². The summed E-state index contributed by atoms with van der Waals surface area (Å²) in [6.07, 6.45) is 2.63. The third-order valence-corrected chi connectivity index (χ3v) is 4.27. The zero-order valence-electron chi connectivity index (χ0n) is 15.2. The van der Waals surface area contributed by atoms with E-state index in [1.54, 1.807) is 24.1 Å². The van der Waals surface area contributed by atoms with Gasteiger partial charge < -0.3 is 20.3 Å². The summed E-state index contributed by atoms with van der Waals surface area (Å²) in [5.41, 5.74) is 1.15. The molecule has 1 aliphatic heterocycles. The van der Waals surface area contributed by atoms with E-state index < -0.39 is 0 Å². The van der Waals surface area contributed by atoms with Crippen molar-refractivity contribution in [2.24, 2.45) is 0 Å². The van der Waals surface area contributed by atoms with Crippen molar-refractivity contribution in [2.75, 3.05) is 25.0 Å². The standard InChI is InChI=1S/C19H23N5O3/c1-2-27-19(26)24-12-9-15(10-13-24)21-17(25)16-8-11-20-18(23-16)22-14-6-4-3-5-7-14/h3-8,11,15H,2,9-10,12-13H2,1H3,(H,21,25)(H,20,22,23). The van der Waals surface area contributed by atoms with Gasteiger partial charge in [-0.25, -0.2) is 14.8 Å². The first-order valence-electron chi connectivity index (χ1n) is 9.03. The van der Waals surface area contributed by atoms with Crippen molar-refractivity contribution >= 4 is 23.6 Å². The molecule has 0 aliphatic carbocycles. The van der Waals surface area contributed by atoms with Crippen LogP contribution in [0.1, 0.15) is 30.3 Å². The van der Waals surface area contributed by atoms with Gasteiger partial charge >= 0.3 is 6.09 Å². The second-order valence-corrected chi connectivity index (χ2v) is 6.19. The quantitative estimate of drug-likeness (QED) is 0.841. The van der Waals surface area contributed by atoms with E-state index in [9.17, 15) is 9.59 Å². The number of carbonyl (C=O) groups is 2. The van der Waals surface area contributed by atoms with Gasteiger partial charge in [-0.15, -0.1) is 0 Å². The van der Waals surface area contributed by atoms with Gasteiger partial charge in [0.25, 0.3) is 5.91 Å². The number of ether oxygens (including phenoxy) is 1. The number of benzene rings is 1. The zero-order valence-corrected chi connectivity index (χ0v) is 15.2. The molecule has 27 heavy (non-hydrogen) atoms. The number of carbonyl (C=O) groups excluding carboxylic acids is 2. The molecule has 0 unspecified atom stereocenters. The molecule has 0 atom stereocenters. The van der Waals surface area contributed by atoms with Crippen LogP contribution in [0.3, 0.4) is 0 Å². The van der Waals surface area contributed by atoms with Gasteiger partial charge in [-0.2, -0.15) is 0 Å². The van der Waals surface area contributed by atoms with Crippen LogP contribution in [0, 0.1) is 0 Å². The fourth-order valence-corrected chi connectivity index (χ4v) is 2.88. The Labute approximate surface area is 158 Å². The maximum absolute atomic E-state index is 12.5. The highest BCUT2D eigenvalue weighted by molar-refractivity contribution is 5.92. The fraction of sp³-hybridized carbons (Fsp3) is 0.368. The van der Waals surface area contributed by atoms with Crippen LogP contribution in [0.4, 0.5) is 16.4 Å². The molecule has 2 aromatic rings. The highest BCUT2D eigenvalue weighted by Gasteiger charge is 2.25. The minimum atomic E-state index is -0.297. The largest absolute Gasteiger partial charge is 0.450 e. The molecule has 0 radical (unpaired) electrons. The number of hydrogen-bond acceptors (Lipinski definition) is 6. The predicted molar refractivity (Wildman–Crippen MR) is 101 cm³/mol. The van der Waals surface area contributed by atoms with Crippen molar-refractivity contribution in [2.45, 2.75) is 25.8 Å². The summed E-state index contributed by atoms with van der Waals surface area (Å²) in [5, 5.41) is 6.05. The Morgan fingerprint density at radius 2 is 1.93 bits per heavy atom. The maximum Gasteiger partial charge on any atom is 0.409 e. The highest BCUT2D eigenvalue weighted by atomic mass is 16.6. The van der Waals surface area contributed by atoms with Crippen LogP contribution in [0.25, 0.3) is 0 Å². The summed E-state index contributed by atoms with van der Waals surface area (Å²) >= 11 is 0. The first kappa shape index (κ1) is 18.6. The van der Waals surface area contributed by atoms with Gasteiger partial charge in [0, 0.05) is 31.0 Å². The zero-order chi connectivity index (χ0) is 19.1. The molecule has 0 bridgehead atoms. The van der Waals surface area contributed by atoms with E-state index in [1.807, 2.05) is 30.3 Å². The summed E-state index contributed by atoms with van der Waals surface area (Å²) in [6, 6.07) is 11.1. The van der Waals surface area contributed by atoms with Gasteiger partial charge in [0.15, 0.2) is 0 Å². The molecule has 1 aliphatic rings. The van der Waals surface area contributed by atoms with Crippen LogP contribution >= 0.6 is 0 Å². The van der Waals surface area contributed by atoms with Crippen LogP contribution in [-0.4, -0.2) is 52.6 Å². The lowest BCUT2D eigenvalue weighted by molar-refractivity contribution is 0.0856. The summed E-state index contributed by atoms with van der Waals surface area (Å²) in [7, 11) is 0. The van der Waals surface area contributed by atoms with Crippen LogP contribution < -0.4 is 10.6 Å². The van der Waals surface area contributed by atoms with Gasteiger partial charge in [0.1, 0.15) is 5.69 Å². The van der Waals surface area contributed by atoms with Gasteiger partial charge in [-0.1, -0.05) is 18.2 Å². The van der Waals surface area contributed by atoms with Crippen LogP contribution in [0.2, 0.25) is 0 Å². The number of anilines is 2. The number of amides is 2. The Hall–Kier alpha value is -3.16.